The van der Waals surface area contributed by atoms with E-state index in [9.17, 15) is 14.4 Å². The number of likely N-dealkylation sites (tertiary alicyclic amines) is 1. The summed E-state index contributed by atoms with van der Waals surface area (Å²) >= 11 is 0. The third kappa shape index (κ3) is 7.17. The fourth-order valence-electron chi connectivity index (χ4n) is 2.71. The molecule has 1 aromatic rings. The van der Waals surface area contributed by atoms with Crippen LogP contribution in [0.2, 0.25) is 0 Å². The number of aryl methyl sites for hydroxylation is 1. The minimum atomic E-state index is -0.925. The Kier molecular flexibility index (Phi) is 8.40. The zero-order chi connectivity index (χ0) is 21.5. The van der Waals surface area contributed by atoms with Gasteiger partial charge in [-0.2, -0.15) is 0 Å². The normalized spacial score (nSPS) is 19.1. The van der Waals surface area contributed by atoms with Crippen LogP contribution < -0.4 is 0 Å². The highest BCUT2D eigenvalue weighted by molar-refractivity contribution is 5.88. The van der Waals surface area contributed by atoms with Crippen LogP contribution in [0.15, 0.2) is 18.5 Å². The molecule has 2 rings (SSSR count). The molecule has 1 N–H and O–H groups in total. The second-order valence-corrected chi connectivity index (χ2v) is 7.82. The third-order valence-corrected chi connectivity index (χ3v) is 4.38. The number of carboxylic acids is 1. The second-order valence-electron chi connectivity index (χ2n) is 7.82. The number of carbonyl (C=O) groups is 3. The van der Waals surface area contributed by atoms with Gasteiger partial charge in [0, 0.05) is 25.5 Å². The predicted octanol–water partition coefficient (Wildman–Crippen LogP) is 3.14. The summed E-state index contributed by atoms with van der Waals surface area (Å²) in [6.45, 7) is 10.2. The standard InChI is InChI=1S/C13H23NO4.C7H7NO2/c1-9-6-7-14(8-10(9)11(15)17-5)12(16)18-13(2,3)4;1-5-2-3-8-4-6(5)7(9)10/h9-10H,6-8H2,1-5H3;2-4H,1H3,(H,9,10). The summed E-state index contributed by atoms with van der Waals surface area (Å²) in [7, 11) is 1.38. The van der Waals surface area contributed by atoms with E-state index in [1.807, 2.05) is 27.7 Å². The van der Waals surface area contributed by atoms with Gasteiger partial charge in [0.1, 0.15) is 5.60 Å². The van der Waals surface area contributed by atoms with Crippen molar-refractivity contribution in [1.82, 2.24) is 9.88 Å². The molecular weight excluding hydrogens is 364 g/mol. The van der Waals surface area contributed by atoms with Gasteiger partial charge in [0.2, 0.25) is 0 Å². The van der Waals surface area contributed by atoms with Crippen LogP contribution in [-0.2, 0) is 14.3 Å². The van der Waals surface area contributed by atoms with Gasteiger partial charge in [0.05, 0.1) is 18.6 Å². The number of carboxylic acid groups (broad SMARTS) is 1. The second kappa shape index (κ2) is 10.1. The number of nitrogens with zero attached hydrogens (tertiary/aromatic N) is 2. The fourth-order valence-corrected chi connectivity index (χ4v) is 2.71. The summed E-state index contributed by atoms with van der Waals surface area (Å²) in [6.07, 6.45) is 3.35. The third-order valence-electron chi connectivity index (χ3n) is 4.38. The first kappa shape index (κ1) is 23.4. The van der Waals surface area contributed by atoms with Gasteiger partial charge in [-0.1, -0.05) is 6.92 Å². The van der Waals surface area contributed by atoms with Gasteiger partial charge in [-0.15, -0.1) is 0 Å². The number of pyridine rings is 1. The molecule has 2 heterocycles. The molecule has 1 fully saturated rings. The zero-order valence-electron chi connectivity index (χ0n) is 17.4. The number of hydrogen-bond acceptors (Lipinski definition) is 6. The van der Waals surface area contributed by atoms with Crippen LogP contribution in [0.3, 0.4) is 0 Å². The van der Waals surface area contributed by atoms with Crippen molar-refractivity contribution < 1.29 is 29.0 Å². The van der Waals surface area contributed by atoms with Gasteiger partial charge < -0.3 is 19.5 Å². The SMILES string of the molecule is COC(=O)C1CN(C(=O)OC(C)(C)C)CCC1C.Cc1ccncc1C(=O)O. The Labute approximate surface area is 165 Å². The summed E-state index contributed by atoms with van der Waals surface area (Å²) in [5.74, 6) is -1.20. The first-order valence-electron chi connectivity index (χ1n) is 9.16. The highest BCUT2D eigenvalue weighted by Crippen LogP contribution is 2.25. The molecule has 156 valence electrons. The van der Waals surface area contributed by atoms with Crippen molar-refractivity contribution in [2.75, 3.05) is 20.2 Å². The quantitative estimate of drug-likeness (QED) is 0.768. The summed E-state index contributed by atoms with van der Waals surface area (Å²) in [5.41, 5.74) is 0.492. The molecule has 8 heteroatoms. The first-order chi connectivity index (χ1) is 13.0. The predicted molar refractivity (Wildman–Crippen MR) is 103 cm³/mol. The van der Waals surface area contributed by atoms with Crippen LogP contribution in [0, 0.1) is 18.8 Å². The van der Waals surface area contributed by atoms with Crippen LogP contribution in [0.25, 0.3) is 0 Å². The lowest BCUT2D eigenvalue weighted by atomic mass is 9.87. The van der Waals surface area contributed by atoms with E-state index < -0.39 is 11.6 Å². The number of methoxy groups -OCH3 is 1. The lowest BCUT2D eigenvalue weighted by Gasteiger charge is -2.36. The molecule has 2 unspecified atom stereocenters. The lowest BCUT2D eigenvalue weighted by Crippen LogP contribution is -2.47. The van der Waals surface area contributed by atoms with Gasteiger partial charge in [0.15, 0.2) is 0 Å². The highest BCUT2D eigenvalue weighted by atomic mass is 16.6. The molecule has 8 nitrogen and oxygen atoms in total. The zero-order valence-corrected chi connectivity index (χ0v) is 17.4. The molecule has 0 aromatic carbocycles. The van der Waals surface area contributed by atoms with Crippen molar-refractivity contribution in [1.29, 1.82) is 0 Å². The van der Waals surface area contributed by atoms with Crippen molar-refractivity contribution in [3.05, 3.63) is 29.6 Å². The summed E-state index contributed by atoms with van der Waals surface area (Å²) < 4.78 is 10.1. The van der Waals surface area contributed by atoms with E-state index in [0.29, 0.717) is 13.1 Å². The maximum atomic E-state index is 11.9. The Bertz CT molecular complexity index is 698. The molecule has 0 spiro atoms. The monoisotopic (exact) mass is 394 g/mol. The van der Waals surface area contributed by atoms with Crippen molar-refractivity contribution in [3.63, 3.8) is 0 Å². The largest absolute Gasteiger partial charge is 0.478 e. The van der Waals surface area contributed by atoms with Crippen molar-refractivity contribution >= 4 is 18.0 Å². The average Bonchev–Trinajstić information content (AvgIpc) is 2.60. The Balaban J connectivity index is 0.000000330. The van der Waals surface area contributed by atoms with Gasteiger partial charge in [0.25, 0.3) is 0 Å². The number of aromatic carboxylic acids is 1. The van der Waals surface area contributed by atoms with Crippen molar-refractivity contribution in [2.45, 2.75) is 46.6 Å². The topological polar surface area (TPSA) is 106 Å². The summed E-state index contributed by atoms with van der Waals surface area (Å²) in [4.78, 5) is 39.2. The smallest absolute Gasteiger partial charge is 0.410 e. The maximum Gasteiger partial charge on any atom is 0.410 e. The van der Waals surface area contributed by atoms with Gasteiger partial charge >= 0.3 is 18.0 Å². The molecular formula is C20H30N2O6. The molecule has 1 saturated heterocycles. The Morgan fingerprint density at radius 3 is 2.39 bits per heavy atom. The minimum absolute atomic E-state index is 0.233. The lowest BCUT2D eigenvalue weighted by molar-refractivity contribution is -0.149. The van der Waals surface area contributed by atoms with E-state index in [2.05, 4.69) is 4.98 Å². The number of piperidine rings is 1. The minimum Gasteiger partial charge on any atom is -0.478 e. The van der Waals surface area contributed by atoms with E-state index in [1.54, 1.807) is 24.1 Å². The number of esters is 1. The van der Waals surface area contributed by atoms with Crippen LogP contribution in [-0.4, -0.2) is 58.8 Å². The van der Waals surface area contributed by atoms with Gasteiger partial charge in [-0.05, 0) is 51.7 Å². The number of aromatic nitrogens is 1. The number of carbonyl (C=O) groups excluding carboxylic acids is 2. The number of amides is 1. The molecule has 1 aliphatic heterocycles. The Morgan fingerprint density at radius 1 is 1.29 bits per heavy atom. The van der Waals surface area contributed by atoms with Crippen LogP contribution >= 0.6 is 0 Å². The van der Waals surface area contributed by atoms with Crippen molar-refractivity contribution in [2.24, 2.45) is 11.8 Å². The van der Waals surface area contributed by atoms with Gasteiger partial charge in [-0.3, -0.25) is 9.78 Å². The Hall–Kier alpha value is -2.64. The van der Waals surface area contributed by atoms with E-state index >= 15 is 0 Å². The van der Waals surface area contributed by atoms with E-state index in [0.717, 1.165) is 12.0 Å². The number of hydrogen-bond donors (Lipinski definition) is 1. The summed E-state index contributed by atoms with van der Waals surface area (Å²) in [5, 5.41) is 8.53. The molecule has 1 aromatic heterocycles. The van der Waals surface area contributed by atoms with Crippen LogP contribution in [0.1, 0.15) is 50.0 Å². The molecule has 0 radical (unpaired) electrons. The first-order valence-corrected chi connectivity index (χ1v) is 9.16. The van der Waals surface area contributed by atoms with Crippen LogP contribution in [0.4, 0.5) is 4.79 Å². The van der Waals surface area contributed by atoms with Crippen molar-refractivity contribution in [3.8, 4) is 0 Å². The molecule has 2 atom stereocenters. The molecule has 0 aliphatic carbocycles. The number of ether oxygens (including phenoxy) is 2. The molecule has 1 amide bonds. The number of rotatable bonds is 2. The summed E-state index contributed by atoms with van der Waals surface area (Å²) in [6, 6.07) is 1.67. The van der Waals surface area contributed by atoms with E-state index in [4.69, 9.17) is 14.6 Å². The molecule has 1 aliphatic rings. The molecule has 28 heavy (non-hydrogen) atoms. The average molecular weight is 394 g/mol. The van der Waals surface area contributed by atoms with E-state index in [-0.39, 0.29) is 29.5 Å². The fraction of sp³-hybridized carbons (Fsp3) is 0.600. The molecule has 0 saturated carbocycles. The Morgan fingerprint density at radius 2 is 1.93 bits per heavy atom. The molecule has 0 bridgehead atoms. The van der Waals surface area contributed by atoms with E-state index in [1.165, 1.54) is 13.3 Å². The van der Waals surface area contributed by atoms with Crippen LogP contribution in [0.5, 0.6) is 0 Å². The van der Waals surface area contributed by atoms with Gasteiger partial charge in [-0.25, -0.2) is 9.59 Å². The highest BCUT2D eigenvalue weighted by Gasteiger charge is 2.35. The maximum absolute atomic E-state index is 11.9.